The predicted molar refractivity (Wildman–Crippen MR) is 97.6 cm³/mol. The highest BCUT2D eigenvalue weighted by Crippen LogP contribution is 2.45. The van der Waals surface area contributed by atoms with Crippen molar-refractivity contribution in [2.24, 2.45) is 11.3 Å². The summed E-state index contributed by atoms with van der Waals surface area (Å²) < 4.78 is 31.5. The fourth-order valence-corrected chi connectivity index (χ4v) is 5.48. The van der Waals surface area contributed by atoms with E-state index in [2.05, 4.69) is 16.0 Å². The lowest BCUT2D eigenvalue weighted by atomic mass is 9.71. The number of sulfonamides is 1. The SMILES string of the molecule is CCS(=O)(=O)N1CCC2(CC1)CN(Cc1ccccn1)CC2COC. The molecule has 3 heterocycles. The van der Waals surface area contributed by atoms with Crippen molar-refractivity contribution in [3.05, 3.63) is 30.1 Å². The topological polar surface area (TPSA) is 62.7 Å². The van der Waals surface area contributed by atoms with E-state index >= 15 is 0 Å². The minimum Gasteiger partial charge on any atom is -0.384 e. The van der Waals surface area contributed by atoms with Gasteiger partial charge in [-0.05, 0) is 37.3 Å². The molecule has 2 fully saturated rings. The number of nitrogens with zero attached hydrogens (tertiary/aromatic N) is 3. The molecule has 25 heavy (non-hydrogen) atoms. The maximum absolute atomic E-state index is 12.2. The Morgan fingerprint density at radius 1 is 1.32 bits per heavy atom. The van der Waals surface area contributed by atoms with Crippen LogP contribution >= 0.6 is 0 Å². The molecule has 1 atom stereocenters. The first-order valence-electron chi connectivity index (χ1n) is 9.08. The molecule has 0 bridgehead atoms. The van der Waals surface area contributed by atoms with Gasteiger partial charge in [0.2, 0.25) is 10.0 Å². The van der Waals surface area contributed by atoms with Gasteiger partial charge >= 0.3 is 0 Å². The van der Waals surface area contributed by atoms with Crippen LogP contribution in [0, 0.1) is 11.3 Å². The number of hydrogen-bond donors (Lipinski definition) is 0. The van der Waals surface area contributed by atoms with Gasteiger partial charge in [-0.2, -0.15) is 0 Å². The summed E-state index contributed by atoms with van der Waals surface area (Å²) >= 11 is 0. The summed E-state index contributed by atoms with van der Waals surface area (Å²) in [6.45, 7) is 6.56. The third-order valence-corrected chi connectivity index (χ3v) is 7.72. The second-order valence-corrected chi connectivity index (χ2v) is 9.56. The highest BCUT2D eigenvalue weighted by molar-refractivity contribution is 7.89. The van der Waals surface area contributed by atoms with Gasteiger partial charge < -0.3 is 4.74 Å². The van der Waals surface area contributed by atoms with Gasteiger partial charge in [0.1, 0.15) is 0 Å². The Morgan fingerprint density at radius 2 is 2.08 bits per heavy atom. The highest BCUT2D eigenvalue weighted by atomic mass is 32.2. The Kier molecular flexibility index (Phi) is 5.78. The van der Waals surface area contributed by atoms with Crippen LogP contribution in [0.1, 0.15) is 25.5 Å². The van der Waals surface area contributed by atoms with Gasteiger partial charge in [0, 0.05) is 51.9 Å². The van der Waals surface area contributed by atoms with Crippen molar-refractivity contribution in [3.8, 4) is 0 Å². The van der Waals surface area contributed by atoms with E-state index in [-0.39, 0.29) is 11.2 Å². The van der Waals surface area contributed by atoms with E-state index in [0.29, 0.717) is 19.0 Å². The van der Waals surface area contributed by atoms with E-state index in [4.69, 9.17) is 4.74 Å². The van der Waals surface area contributed by atoms with Crippen LogP contribution in [0.3, 0.4) is 0 Å². The third kappa shape index (κ3) is 4.05. The Morgan fingerprint density at radius 3 is 2.68 bits per heavy atom. The van der Waals surface area contributed by atoms with Crippen LogP contribution < -0.4 is 0 Å². The molecule has 0 radical (unpaired) electrons. The average molecular weight is 368 g/mol. The van der Waals surface area contributed by atoms with Crippen LogP contribution in [0.5, 0.6) is 0 Å². The lowest BCUT2D eigenvalue weighted by molar-refractivity contribution is 0.0568. The zero-order valence-corrected chi connectivity index (χ0v) is 16.0. The van der Waals surface area contributed by atoms with E-state index < -0.39 is 10.0 Å². The summed E-state index contributed by atoms with van der Waals surface area (Å²) in [6, 6.07) is 6.02. The van der Waals surface area contributed by atoms with Gasteiger partial charge in [0.25, 0.3) is 0 Å². The molecule has 1 spiro atoms. The van der Waals surface area contributed by atoms with Gasteiger partial charge in [0.15, 0.2) is 0 Å². The van der Waals surface area contributed by atoms with Crippen molar-refractivity contribution >= 4 is 10.0 Å². The van der Waals surface area contributed by atoms with Crippen LogP contribution in [0.25, 0.3) is 0 Å². The van der Waals surface area contributed by atoms with E-state index in [0.717, 1.165) is 44.8 Å². The van der Waals surface area contributed by atoms with Crippen LogP contribution in [0.4, 0.5) is 0 Å². The Bertz CT molecular complexity index is 657. The molecule has 0 aromatic carbocycles. The van der Waals surface area contributed by atoms with E-state index in [9.17, 15) is 8.42 Å². The van der Waals surface area contributed by atoms with Crippen LogP contribution in [0.2, 0.25) is 0 Å². The molecule has 140 valence electrons. The largest absolute Gasteiger partial charge is 0.384 e. The molecule has 2 aliphatic rings. The number of methoxy groups -OCH3 is 1. The summed E-state index contributed by atoms with van der Waals surface area (Å²) in [5.74, 6) is 0.639. The number of pyridine rings is 1. The molecular formula is C18H29N3O3S. The van der Waals surface area contributed by atoms with E-state index in [1.54, 1.807) is 18.3 Å². The normalized spacial score (nSPS) is 24.8. The molecule has 1 unspecified atom stereocenters. The van der Waals surface area contributed by atoms with Crippen molar-refractivity contribution in [1.29, 1.82) is 0 Å². The van der Waals surface area contributed by atoms with Crippen LogP contribution in [-0.2, 0) is 21.3 Å². The average Bonchev–Trinajstić information content (AvgIpc) is 2.93. The van der Waals surface area contributed by atoms with Crippen molar-refractivity contribution < 1.29 is 13.2 Å². The Labute approximate surface area is 151 Å². The molecule has 0 amide bonds. The fourth-order valence-electron chi connectivity index (χ4n) is 4.37. The second-order valence-electron chi connectivity index (χ2n) is 7.30. The van der Waals surface area contributed by atoms with Crippen molar-refractivity contribution in [1.82, 2.24) is 14.2 Å². The quantitative estimate of drug-likeness (QED) is 0.764. The number of aromatic nitrogens is 1. The van der Waals surface area contributed by atoms with Crippen molar-refractivity contribution in [3.63, 3.8) is 0 Å². The Balaban J connectivity index is 1.69. The number of piperidine rings is 1. The monoisotopic (exact) mass is 367 g/mol. The first-order chi connectivity index (χ1) is 12.0. The lowest BCUT2D eigenvalue weighted by Crippen LogP contribution is -2.47. The third-order valence-electron chi connectivity index (χ3n) is 5.84. The fraction of sp³-hybridized carbons (Fsp3) is 0.722. The molecule has 3 rings (SSSR count). The van der Waals surface area contributed by atoms with Gasteiger partial charge in [-0.25, -0.2) is 12.7 Å². The highest BCUT2D eigenvalue weighted by Gasteiger charge is 2.48. The second kappa shape index (κ2) is 7.70. The van der Waals surface area contributed by atoms with Crippen molar-refractivity contribution in [2.45, 2.75) is 26.3 Å². The molecule has 6 nitrogen and oxygen atoms in total. The molecule has 7 heteroatoms. The maximum atomic E-state index is 12.2. The van der Waals surface area contributed by atoms with Gasteiger partial charge in [0.05, 0.1) is 18.1 Å². The lowest BCUT2D eigenvalue weighted by Gasteiger charge is -2.42. The summed E-state index contributed by atoms with van der Waals surface area (Å²) in [6.07, 6.45) is 3.67. The molecule has 2 aliphatic heterocycles. The Hall–Kier alpha value is -1.02. The van der Waals surface area contributed by atoms with Crippen LogP contribution in [0.15, 0.2) is 24.4 Å². The number of rotatable bonds is 6. The summed E-state index contributed by atoms with van der Waals surface area (Å²) in [5.41, 5.74) is 1.24. The van der Waals surface area contributed by atoms with Gasteiger partial charge in [-0.3, -0.25) is 9.88 Å². The number of hydrogen-bond acceptors (Lipinski definition) is 5. The van der Waals surface area contributed by atoms with Gasteiger partial charge in [-0.15, -0.1) is 0 Å². The summed E-state index contributed by atoms with van der Waals surface area (Å²) in [7, 11) is -1.33. The summed E-state index contributed by atoms with van der Waals surface area (Å²) in [4.78, 5) is 6.90. The summed E-state index contributed by atoms with van der Waals surface area (Å²) in [5, 5.41) is 0. The van der Waals surface area contributed by atoms with Crippen LogP contribution in [-0.4, -0.2) is 68.3 Å². The standard InChI is InChI=1S/C18H29N3O3S/c1-3-25(22,23)21-10-7-18(8-11-21)15-20(12-16(18)14-24-2)13-17-6-4-5-9-19-17/h4-6,9,16H,3,7-8,10-15H2,1-2H3. The molecule has 0 N–H and O–H groups in total. The van der Waals surface area contributed by atoms with E-state index in [1.807, 2.05) is 18.3 Å². The minimum absolute atomic E-state index is 0.157. The molecular weight excluding hydrogens is 338 g/mol. The molecule has 2 saturated heterocycles. The minimum atomic E-state index is -3.08. The number of ether oxygens (including phenoxy) is 1. The zero-order chi connectivity index (χ0) is 17.9. The molecule has 0 saturated carbocycles. The molecule has 1 aromatic heterocycles. The predicted octanol–water partition coefficient (Wildman–Crippen LogP) is 1.59. The first-order valence-corrected chi connectivity index (χ1v) is 10.7. The number of likely N-dealkylation sites (tertiary alicyclic amines) is 1. The van der Waals surface area contributed by atoms with E-state index in [1.165, 1.54) is 0 Å². The van der Waals surface area contributed by atoms with Gasteiger partial charge in [-0.1, -0.05) is 6.07 Å². The molecule has 1 aromatic rings. The zero-order valence-electron chi connectivity index (χ0n) is 15.2. The maximum Gasteiger partial charge on any atom is 0.213 e. The van der Waals surface area contributed by atoms with Crippen molar-refractivity contribution in [2.75, 3.05) is 45.6 Å². The molecule has 0 aliphatic carbocycles. The first kappa shape index (κ1) is 18.8. The smallest absolute Gasteiger partial charge is 0.213 e.